The maximum atomic E-state index is 11.5. The molecule has 1 rings (SSSR count). The molecule has 1 unspecified atom stereocenters. The topological polar surface area (TPSA) is 115 Å². The molecule has 0 spiro atoms. The fourth-order valence-corrected chi connectivity index (χ4v) is 3.09. The predicted octanol–water partition coefficient (Wildman–Crippen LogP) is -1.22. The number of hydrogen-bond acceptors (Lipinski definition) is 7. The van der Waals surface area contributed by atoms with E-state index in [4.69, 9.17) is 5.73 Å². The fraction of sp³-hybridized carbons (Fsp3) is 0.600. The number of aromatic nitrogens is 2. The largest absolute Gasteiger partial charge is 0.374 e. The van der Waals surface area contributed by atoms with Crippen molar-refractivity contribution in [1.82, 2.24) is 14.9 Å². The van der Waals surface area contributed by atoms with Gasteiger partial charge in [0.15, 0.2) is 0 Å². The average molecular weight is 270 g/mol. The summed E-state index contributed by atoms with van der Waals surface area (Å²) in [6, 6.07) is 0. The number of anilines is 1. The Bertz CT molecular complexity index is 454. The second-order valence-electron chi connectivity index (χ2n) is 2.58. The Labute approximate surface area is 93.6 Å². The molecule has 7 nitrogen and oxygen atoms in total. The lowest BCUT2D eigenvalue weighted by Crippen LogP contribution is -2.27. The van der Waals surface area contributed by atoms with Gasteiger partial charge in [-0.25, -0.2) is 13.1 Å². The van der Waals surface area contributed by atoms with Gasteiger partial charge in [0.1, 0.15) is 0 Å². The van der Waals surface area contributed by atoms with Gasteiger partial charge in [-0.05, 0) is 0 Å². The lowest BCUT2D eigenvalue weighted by atomic mass is 10.8. The zero-order valence-corrected chi connectivity index (χ0v) is 10.3. The zero-order valence-electron chi connectivity index (χ0n) is 7.84. The second-order valence-corrected chi connectivity index (χ2v) is 7.09. The molecule has 0 radical (unpaired) electrons. The Kier molecular flexibility index (Phi) is 4.13. The number of nitrogens with one attached hydrogen (secondary N) is 1. The molecule has 1 aromatic rings. The Morgan fingerprint density at radius 2 is 2.20 bits per heavy atom. The molecule has 0 bridgehead atoms. The summed E-state index contributed by atoms with van der Waals surface area (Å²) in [5, 5.41) is 6.89. The first-order valence-electron chi connectivity index (χ1n) is 3.80. The maximum absolute atomic E-state index is 11.5. The van der Waals surface area contributed by atoms with E-state index in [1.165, 1.54) is 6.26 Å². The first-order valence-corrected chi connectivity index (χ1v) is 7.83. The van der Waals surface area contributed by atoms with Gasteiger partial charge in [0.2, 0.25) is 9.47 Å². The standard InChI is InChI=1S/C5H10N4O3S3/c1-14(10)3-2-7-15(11,12)5-9-8-4(6)13-5/h7H,2-3H2,1H3,(H2,6,8). The molecule has 0 amide bonds. The normalized spacial score (nSPS) is 13.9. The van der Waals surface area contributed by atoms with E-state index in [9.17, 15) is 12.6 Å². The van der Waals surface area contributed by atoms with E-state index < -0.39 is 20.8 Å². The molecule has 86 valence electrons. The molecular formula is C5H10N4O3S3. The number of nitrogens with zero attached hydrogens (tertiary/aromatic N) is 2. The van der Waals surface area contributed by atoms with Crippen LogP contribution in [-0.4, -0.2) is 41.4 Å². The van der Waals surface area contributed by atoms with E-state index in [0.717, 1.165) is 11.3 Å². The number of sulfonamides is 1. The molecule has 1 atom stereocenters. The molecular weight excluding hydrogens is 260 g/mol. The summed E-state index contributed by atoms with van der Waals surface area (Å²) < 4.78 is 35.7. The van der Waals surface area contributed by atoms with E-state index in [2.05, 4.69) is 14.9 Å². The van der Waals surface area contributed by atoms with Crippen molar-refractivity contribution in [3.05, 3.63) is 0 Å². The summed E-state index contributed by atoms with van der Waals surface area (Å²) in [6.45, 7) is 0.102. The van der Waals surface area contributed by atoms with Gasteiger partial charge in [0, 0.05) is 29.4 Å². The molecule has 0 aromatic carbocycles. The molecule has 15 heavy (non-hydrogen) atoms. The smallest absolute Gasteiger partial charge is 0.269 e. The van der Waals surface area contributed by atoms with Crippen LogP contribution >= 0.6 is 11.3 Å². The van der Waals surface area contributed by atoms with Gasteiger partial charge in [-0.15, -0.1) is 10.2 Å². The summed E-state index contributed by atoms with van der Waals surface area (Å²) in [4.78, 5) is 0. The summed E-state index contributed by atoms with van der Waals surface area (Å²) >= 11 is 0.783. The van der Waals surface area contributed by atoms with Crippen molar-refractivity contribution in [2.24, 2.45) is 0 Å². The first kappa shape index (κ1) is 12.5. The lowest BCUT2D eigenvalue weighted by Gasteiger charge is -2.00. The second kappa shape index (κ2) is 4.96. The molecule has 0 aliphatic carbocycles. The Balaban J connectivity index is 2.64. The summed E-state index contributed by atoms with van der Waals surface area (Å²) in [5.41, 5.74) is 5.26. The lowest BCUT2D eigenvalue weighted by molar-refractivity contribution is 0.582. The van der Waals surface area contributed by atoms with Crippen LogP contribution < -0.4 is 10.5 Å². The van der Waals surface area contributed by atoms with Crippen molar-refractivity contribution in [2.45, 2.75) is 4.34 Å². The van der Waals surface area contributed by atoms with Gasteiger partial charge in [0.25, 0.3) is 10.0 Å². The number of hydrogen-bond donors (Lipinski definition) is 2. The molecule has 0 saturated heterocycles. The van der Waals surface area contributed by atoms with Crippen LogP contribution in [0.25, 0.3) is 0 Å². The third kappa shape index (κ3) is 3.81. The monoisotopic (exact) mass is 270 g/mol. The number of nitrogens with two attached hydrogens (primary N) is 1. The molecule has 10 heteroatoms. The third-order valence-electron chi connectivity index (χ3n) is 1.33. The van der Waals surface area contributed by atoms with Crippen molar-refractivity contribution >= 4 is 37.3 Å². The van der Waals surface area contributed by atoms with E-state index in [-0.39, 0.29) is 21.8 Å². The summed E-state index contributed by atoms with van der Waals surface area (Å²) in [7, 11) is -4.69. The van der Waals surface area contributed by atoms with E-state index in [1.807, 2.05) is 0 Å². The molecule has 0 aliphatic heterocycles. The minimum Gasteiger partial charge on any atom is -0.374 e. The van der Waals surface area contributed by atoms with Crippen LogP contribution in [0.4, 0.5) is 5.13 Å². The molecule has 1 aromatic heterocycles. The van der Waals surface area contributed by atoms with Crippen molar-refractivity contribution in [3.63, 3.8) is 0 Å². The maximum Gasteiger partial charge on any atom is 0.269 e. The number of nitrogen functional groups attached to an aromatic ring is 1. The minimum absolute atomic E-state index is 0.0921. The highest BCUT2D eigenvalue weighted by Crippen LogP contribution is 2.15. The van der Waals surface area contributed by atoms with E-state index in [0.29, 0.717) is 0 Å². The van der Waals surface area contributed by atoms with Crippen LogP contribution in [0, 0.1) is 0 Å². The van der Waals surface area contributed by atoms with Crippen LogP contribution in [0.5, 0.6) is 0 Å². The van der Waals surface area contributed by atoms with E-state index in [1.54, 1.807) is 0 Å². The Hall–Kier alpha value is -0.580. The summed E-state index contributed by atoms with van der Waals surface area (Å²) in [5.74, 6) is 0.257. The highest BCUT2D eigenvalue weighted by atomic mass is 32.2. The predicted molar refractivity (Wildman–Crippen MR) is 58.4 cm³/mol. The van der Waals surface area contributed by atoms with Gasteiger partial charge in [-0.3, -0.25) is 4.21 Å². The van der Waals surface area contributed by atoms with Gasteiger partial charge in [0.05, 0.1) is 0 Å². The molecule has 0 aliphatic rings. The molecule has 0 fully saturated rings. The van der Waals surface area contributed by atoms with Crippen molar-refractivity contribution < 1.29 is 12.6 Å². The van der Waals surface area contributed by atoms with E-state index >= 15 is 0 Å². The Morgan fingerprint density at radius 3 is 2.67 bits per heavy atom. The van der Waals surface area contributed by atoms with Gasteiger partial charge in [-0.1, -0.05) is 11.3 Å². The summed E-state index contributed by atoms with van der Waals surface area (Å²) in [6.07, 6.45) is 1.50. The zero-order chi connectivity index (χ0) is 11.5. The Morgan fingerprint density at radius 1 is 1.53 bits per heavy atom. The first-order chi connectivity index (χ1) is 6.92. The third-order valence-corrected chi connectivity index (χ3v) is 4.69. The molecule has 0 saturated carbocycles. The fourth-order valence-electron chi connectivity index (χ4n) is 0.710. The number of rotatable bonds is 5. The highest BCUT2D eigenvalue weighted by Gasteiger charge is 2.18. The van der Waals surface area contributed by atoms with Crippen molar-refractivity contribution in [2.75, 3.05) is 24.3 Å². The van der Waals surface area contributed by atoms with Crippen LogP contribution in [-0.2, 0) is 20.8 Å². The van der Waals surface area contributed by atoms with Crippen LogP contribution in [0.2, 0.25) is 0 Å². The van der Waals surface area contributed by atoms with Gasteiger partial charge >= 0.3 is 0 Å². The molecule has 3 N–H and O–H groups in total. The van der Waals surface area contributed by atoms with Crippen LogP contribution in [0.1, 0.15) is 0 Å². The average Bonchev–Trinajstić information content (AvgIpc) is 2.51. The minimum atomic E-state index is -3.65. The van der Waals surface area contributed by atoms with Crippen LogP contribution in [0.15, 0.2) is 4.34 Å². The van der Waals surface area contributed by atoms with Gasteiger partial charge in [-0.2, -0.15) is 0 Å². The van der Waals surface area contributed by atoms with Crippen molar-refractivity contribution in [3.8, 4) is 0 Å². The van der Waals surface area contributed by atoms with Crippen molar-refractivity contribution in [1.29, 1.82) is 0 Å². The SMILES string of the molecule is CS(=O)CCNS(=O)(=O)c1nnc(N)s1. The quantitative estimate of drug-likeness (QED) is 0.693. The highest BCUT2D eigenvalue weighted by molar-refractivity contribution is 7.91. The molecule has 1 heterocycles. The van der Waals surface area contributed by atoms with Gasteiger partial charge < -0.3 is 5.73 Å². The van der Waals surface area contributed by atoms with Crippen LogP contribution in [0.3, 0.4) is 0 Å².